The number of benzene rings is 1. The largest absolute Gasteiger partial charge is 0.330 e. The second kappa shape index (κ2) is 3.86. The molecule has 1 aromatic rings. The number of sulfone groups is 1. The summed E-state index contributed by atoms with van der Waals surface area (Å²) in [5.41, 5.74) is 7.89. The van der Waals surface area contributed by atoms with Gasteiger partial charge < -0.3 is 5.73 Å². The number of hydrogen-bond acceptors (Lipinski definition) is 3. The normalized spacial score (nSPS) is 29.1. The molecule has 0 aromatic heterocycles. The lowest BCUT2D eigenvalue weighted by Gasteiger charge is -2.00. The van der Waals surface area contributed by atoms with Crippen molar-refractivity contribution in [3.8, 4) is 0 Å². The Morgan fingerprint density at radius 1 is 1.25 bits per heavy atom. The Morgan fingerprint density at radius 2 is 1.81 bits per heavy atom. The van der Waals surface area contributed by atoms with E-state index >= 15 is 0 Å². The van der Waals surface area contributed by atoms with Crippen LogP contribution >= 0.6 is 0 Å². The third-order valence-electron chi connectivity index (χ3n) is 3.33. The van der Waals surface area contributed by atoms with Gasteiger partial charge in [-0.3, -0.25) is 0 Å². The van der Waals surface area contributed by atoms with E-state index in [1.807, 2.05) is 31.2 Å². The van der Waals surface area contributed by atoms with E-state index in [4.69, 9.17) is 5.73 Å². The van der Waals surface area contributed by atoms with E-state index in [-0.39, 0.29) is 17.1 Å². The second-order valence-electron chi connectivity index (χ2n) is 4.63. The summed E-state index contributed by atoms with van der Waals surface area (Å²) in [5, 5.41) is -0.278. The van der Waals surface area contributed by atoms with Crippen LogP contribution in [-0.2, 0) is 9.84 Å². The molecule has 2 rings (SSSR count). The monoisotopic (exact) mass is 239 g/mol. The Morgan fingerprint density at radius 3 is 2.19 bits per heavy atom. The van der Waals surface area contributed by atoms with Crippen LogP contribution in [0.5, 0.6) is 0 Å². The van der Waals surface area contributed by atoms with E-state index in [2.05, 4.69) is 0 Å². The van der Waals surface area contributed by atoms with Gasteiger partial charge in [0.15, 0.2) is 9.84 Å². The molecule has 4 heteroatoms. The first-order chi connectivity index (χ1) is 7.45. The topological polar surface area (TPSA) is 60.2 Å². The summed E-state index contributed by atoms with van der Waals surface area (Å²) >= 11 is 0. The fourth-order valence-corrected chi connectivity index (χ4v) is 4.15. The van der Waals surface area contributed by atoms with E-state index in [0.717, 1.165) is 5.56 Å². The van der Waals surface area contributed by atoms with Crippen LogP contribution in [0.1, 0.15) is 17.0 Å². The first-order valence-corrected chi connectivity index (χ1v) is 7.36. The molecule has 1 fully saturated rings. The van der Waals surface area contributed by atoms with Gasteiger partial charge in [-0.05, 0) is 24.9 Å². The Labute approximate surface area is 96.6 Å². The Hall–Kier alpha value is -0.870. The van der Waals surface area contributed by atoms with Crippen LogP contribution in [0.25, 0.3) is 0 Å². The molecule has 1 aliphatic carbocycles. The van der Waals surface area contributed by atoms with Crippen molar-refractivity contribution in [1.82, 2.24) is 0 Å². The molecule has 1 aromatic carbocycles. The molecule has 3 atom stereocenters. The highest BCUT2D eigenvalue weighted by molar-refractivity contribution is 7.91. The van der Waals surface area contributed by atoms with Gasteiger partial charge >= 0.3 is 0 Å². The first kappa shape index (κ1) is 11.6. The minimum absolute atomic E-state index is 0.0951. The van der Waals surface area contributed by atoms with Crippen molar-refractivity contribution in [2.45, 2.75) is 18.1 Å². The Kier molecular flexibility index (Phi) is 2.80. The van der Waals surface area contributed by atoms with Crippen LogP contribution in [0.4, 0.5) is 0 Å². The summed E-state index contributed by atoms with van der Waals surface area (Å²) in [7, 11) is -2.98. The molecule has 0 unspecified atom stereocenters. The minimum Gasteiger partial charge on any atom is -0.330 e. The van der Waals surface area contributed by atoms with Crippen molar-refractivity contribution in [2.75, 3.05) is 12.8 Å². The Bertz CT molecular complexity index is 478. The first-order valence-electron chi connectivity index (χ1n) is 5.40. The maximum atomic E-state index is 11.6. The van der Waals surface area contributed by atoms with Crippen LogP contribution in [0, 0.1) is 12.8 Å². The number of aryl methyl sites for hydroxylation is 1. The lowest BCUT2D eigenvalue weighted by Crippen LogP contribution is -2.11. The molecular weight excluding hydrogens is 222 g/mol. The third kappa shape index (κ3) is 1.99. The standard InChI is InChI=1S/C12H17NO2S/c1-8-3-5-9(6-4-8)11-10(7-13)12(11)16(2,14)15/h3-6,10-12H,7,13H2,1-2H3/t10-,11-,12+/m1/s1. The van der Waals surface area contributed by atoms with Gasteiger partial charge in [0.2, 0.25) is 0 Å². The summed E-state index contributed by atoms with van der Waals surface area (Å²) in [4.78, 5) is 0. The van der Waals surface area contributed by atoms with Gasteiger partial charge in [0.05, 0.1) is 5.25 Å². The zero-order valence-corrected chi connectivity index (χ0v) is 10.4. The van der Waals surface area contributed by atoms with Gasteiger partial charge in [-0.2, -0.15) is 0 Å². The summed E-state index contributed by atoms with van der Waals surface area (Å²) < 4.78 is 23.1. The predicted octanol–water partition coefficient (Wildman–Crippen LogP) is 1.08. The molecule has 0 spiro atoms. The molecule has 0 bridgehead atoms. The molecule has 88 valence electrons. The van der Waals surface area contributed by atoms with E-state index in [1.165, 1.54) is 11.8 Å². The molecule has 0 aliphatic heterocycles. The fraction of sp³-hybridized carbons (Fsp3) is 0.500. The zero-order chi connectivity index (χ0) is 11.9. The Balaban J connectivity index is 2.27. The average Bonchev–Trinajstić information content (AvgIpc) is 2.92. The number of nitrogens with two attached hydrogens (primary N) is 1. The molecule has 0 heterocycles. The smallest absolute Gasteiger partial charge is 0.151 e. The highest BCUT2D eigenvalue weighted by atomic mass is 32.2. The molecule has 2 N–H and O–H groups in total. The third-order valence-corrected chi connectivity index (χ3v) is 4.96. The van der Waals surface area contributed by atoms with Crippen LogP contribution < -0.4 is 5.73 Å². The maximum absolute atomic E-state index is 11.6. The highest BCUT2D eigenvalue weighted by Gasteiger charge is 2.55. The van der Waals surface area contributed by atoms with Crippen LogP contribution in [0.15, 0.2) is 24.3 Å². The van der Waals surface area contributed by atoms with Crippen molar-refractivity contribution >= 4 is 9.84 Å². The summed E-state index contributed by atoms with van der Waals surface area (Å²) in [6.45, 7) is 2.46. The van der Waals surface area contributed by atoms with Gasteiger partial charge in [-0.15, -0.1) is 0 Å². The van der Waals surface area contributed by atoms with E-state index in [1.54, 1.807) is 0 Å². The SMILES string of the molecule is Cc1ccc([C@@H]2[C@@H](CN)[C@@H]2S(C)(=O)=O)cc1. The van der Waals surface area contributed by atoms with Gasteiger partial charge in [0, 0.05) is 12.2 Å². The summed E-state index contributed by atoms with van der Waals surface area (Å²) in [5.74, 6) is 0.193. The molecular formula is C12H17NO2S. The predicted molar refractivity (Wildman–Crippen MR) is 65.1 cm³/mol. The summed E-state index contributed by atoms with van der Waals surface area (Å²) in [6, 6.07) is 8.04. The highest BCUT2D eigenvalue weighted by Crippen LogP contribution is 2.51. The van der Waals surface area contributed by atoms with Crippen molar-refractivity contribution in [2.24, 2.45) is 11.7 Å². The quantitative estimate of drug-likeness (QED) is 0.858. The van der Waals surface area contributed by atoms with Crippen LogP contribution in [0.3, 0.4) is 0 Å². The second-order valence-corrected chi connectivity index (χ2v) is 6.83. The number of hydrogen-bond donors (Lipinski definition) is 1. The van der Waals surface area contributed by atoms with Crippen molar-refractivity contribution in [3.63, 3.8) is 0 Å². The van der Waals surface area contributed by atoms with E-state index < -0.39 is 9.84 Å². The summed E-state index contributed by atoms with van der Waals surface area (Å²) in [6.07, 6.45) is 1.30. The molecule has 16 heavy (non-hydrogen) atoms. The average molecular weight is 239 g/mol. The van der Waals surface area contributed by atoms with E-state index in [0.29, 0.717) is 6.54 Å². The van der Waals surface area contributed by atoms with Crippen LogP contribution in [-0.4, -0.2) is 26.5 Å². The lowest BCUT2D eigenvalue weighted by atomic mass is 10.1. The van der Waals surface area contributed by atoms with Gasteiger partial charge in [0.25, 0.3) is 0 Å². The van der Waals surface area contributed by atoms with E-state index in [9.17, 15) is 8.42 Å². The molecule has 0 amide bonds. The van der Waals surface area contributed by atoms with Crippen molar-refractivity contribution in [1.29, 1.82) is 0 Å². The minimum atomic E-state index is -2.98. The molecule has 3 nitrogen and oxygen atoms in total. The molecule has 0 radical (unpaired) electrons. The van der Waals surface area contributed by atoms with Gasteiger partial charge in [-0.1, -0.05) is 29.8 Å². The lowest BCUT2D eigenvalue weighted by molar-refractivity contribution is 0.597. The van der Waals surface area contributed by atoms with Gasteiger partial charge in [0.1, 0.15) is 0 Å². The number of rotatable bonds is 3. The zero-order valence-electron chi connectivity index (χ0n) is 9.55. The molecule has 1 saturated carbocycles. The van der Waals surface area contributed by atoms with Crippen molar-refractivity contribution in [3.05, 3.63) is 35.4 Å². The maximum Gasteiger partial charge on any atom is 0.151 e. The fourth-order valence-electron chi connectivity index (χ4n) is 2.43. The van der Waals surface area contributed by atoms with Crippen molar-refractivity contribution < 1.29 is 8.42 Å². The molecule has 1 aliphatic rings. The molecule has 0 saturated heterocycles. The van der Waals surface area contributed by atoms with Gasteiger partial charge in [-0.25, -0.2) is 8.42 Å². The van der Waals surface area contributed by atoms with Crippen LogP contribution in [0.2, 0.25) is 0 Å².